The minimum Gasteiger partial charge on any atom is -0.394 e. The lowest BCUT2D eigenvalue weighted by atomic mass is 9.89. The van der Waals surface area contributed by atoms with Gasteiger partial charge in [0.2, 0.25) is 0 Å². The van der Waals surface area contributed by atoms with Gasteiger partial charge in [-0.05, 0) is 12.8 Å². The van der Waals surface area contributed by atoms with E-state index >= 15 is 0 Å². The summed E-state index contributed by atoms with van der Waals surface area (Å²) in [5, 5.41) is 9.48. The number of aliphatic hydroxyl groups excluding tert-OH is 1. The fourth-order valence-electron chi connectivity index (χ4n) is 2.19. The smallest absolute Gasteiger partial charge is 0.0617 e. The maximum Gasteiger partial charge on any atom is 0.0617 e. The van der Waals surface area contributed by atoms with Crippen molar-refractivity contribution < 1.29 is 9.84 Å². The van der Waals surface area contributed by atoms with Crippen molar-refractivity contribution in [3.8, 4) is 0 Å². The van der Waals surface area contributed by atoms with E-state index in [4.69, 9.17) is 4.74 Å². The Kier molecular flexibility index (Phi) is 2.67. The zero-order valence-corrected chi connectivity index (χ0v) is 7.91. The Morgan fingerprint density at radius 3 is 2.38 bits per heavy atom. The van der Waals surface area contributed by atoms with Crippen LogP contribution in [0.1, 0.15) is 12.8 Å². The maximum atomic E-state index is 9.48. The quantitative estimate of drug-likeness (QED) is 0.629. The van der Waals surface area contributed by atoms with Crippen molar-refractivity contribution in [3.63, 3.8) is 0 Å². The van der Waals surface area contributed by atoms with Crippen LogP contribution < -0.4 is 0 Å². The van der Waals surface area contributed by atoms with Gasteiger partial charge in [0.15, 0.2) is 0 Å². The second kappa shape index (κ2) is 3.78. The molecule has 0 aromatic heterocycles. The lowest BCUT2D eigenvalue weighted by molar-refractivity contribution is -0.0450. The zero-order valence-electron chi connectivity index (χ0n) is 7.91. The van der Waals surface area contributed by atoms with Gasteiger partial charge in [0.25, 0.3) is 0 Å². The van der Waals surface area contributed by atoms with Crippen LogP contribution in [0.3, 0.4) is 0 Å². The average Bonchev–Trinajstić information content (AvgIpc) is 2.72. The van der Waals surface area contributed by atoms with Gasteiger partial charge < -0.3 is 9.84 Å². The van der Waals surface area contributed by atoms with Crippen LogP contribution in [0, 0.1) is 0 Å². The highest BCUT2D eigenvalue weighted by Gasteiger charge is 2.37. The SMILES string of the molecule is OCC1(N2CC=CC2)CCOCC1. The van der Waals surface area contributed by atoms with Crippen molar-refractivity contribution in [2.75, 3.05) is 32.9 Å². The van der Waals surface area contributed by atoms with Crippen LogP contribution >= 0.6 is 0 Å². The first kappa shape index (κ1) is 9.19. The van der Waals surface area contributed by atoms with Crippen LogP contribution in [0.5, 0.6) is 0 Å². The van der Waals surface area contributed by atoms with Crippen LogP contribution in [0.25, 0.3) is 0 Å². The number of rotatable bonds is 2. The molecule has 0 aliphatic carbocycles. The van der Waals surface area contributed by atoms with Crippen LogP contribution in [-0.4, -0.2) is 48.5 Å². The van der Waals surface area contributed by atoms with Gasteiger partial charge in [-0.3, -0.25) is 4.90 Å². The van der Waals surface area contributed by atoms with E-state index in [0.717, 1.165) is 39.1 Å². The number of ether oxygens (including phenoxy) is 1. The third-order valence-corrected chi connectivity index (χ3v) is 3.21. The van der Waals surface area contributed by atoms with E-state index in [9.17, 15) is 5.11 Å². The molecule has 0 amide bonds. The van der Waals surface area contributed by atoms with E-state index in [1.807, 2.05) is 0 Å². The van der Waals surface area contributed by atoms with Crippen molar-refractivity contribution in [2.45, 2.75) is 18.4 Å². The van der Waals surface area contributed by atoms with Gasteiger partial charge in [0, 0.05) is 31.8 Å². The Morgan fingerprint density at radius 2 is 1.85 bits per heavy atom. The molecule has 0 saturated carbocycles. The van der Waals surface area contributed by atoms with Gasteiger partial charge in [-0.25, -0.2) is 0 Å². The maximum absolute atomic E-state index is 9.48. The summed E-state index contributed by atoms with van der Waals surface area (Å²) in [6.07, 6.45) is 6.27. The largest absolute Gasteiger partial charge is 0.394 e. The third-order valence-electron chi connectivity index (χ3n) is 3.21. The molecule has 74 valence electrons. The minimum absolute atomic E-state index is 0.00174. The average molecular weight is 183 g/mol. The van der Waals surface area contributed by atoms with Crippen molar-refractivity contribution in [1.82, 2.24) is 4.90 Å². The van der Waals surface area contributed by atoms with Crippen LogP contribution in [0.15, 0.2) is 12.2 Å². The van der Waals surface area contributed by atoms with E-state index in [-0.39, 0.29) is 12.1 Å². The molecule has 0 atom stereocenters. The molecule has 0 radical (unpaired) electrons. The molecule has 2 aliphatic heterocycles. The molecule has 1 saturated heterocycles. The van der Waals surface area contributed by atoms with Gasteiger partial charge in [0.05, 0.1) is 6.61 Å². The Morgan fingerprint density at radius 1 is 1.23 bits per heavy atom. The highest BCUT2D eigenvalue weighted by molar-refractivity contribution is 5.04. The first-order valence-corrected chi connectivity index (χ1v) is 4.96. The summed E-state index contributed by atoms with van der Waals surface area (Å²) in [5.74, 6) is 0. The number of nitrogens with zero attached hydrogens (tertiary/aromatic N) is 1. The Bertz CT molecular complexity index is 189. The lowest BCUT2D eigenvalue weighted by Gasteiger charge is -2.43. The van der Waals surface area contributed by atoms with Gasteiger partial charge in [-0.2, -0.15) is 0 Å². The molecule has 13 heavy (non-hydrogen) atoms. The molecule has 3 heteroatoms. The fourth-order valence-corrected chi connectivity index (χ4v) is 2.19. The van der Waals surface area contributed by atoms with Crippen molar-refractivity contribution in [2.24, 2.45) is 0 Å². The Balaban J connectivity index is 2.04. The normalized spacial score (nSPS) is 28.1. The van der Waals surface area contributed by atoms with Gasteiger partial charge in [0.1, 0.15) is 0 Å². The fraction of sp³-hybridized carbons (Fsp3) is 0.800. The van der Waals surface area contributed by atoms with E-state index in [1.54, 1.807) is 0 Å². The molecule has 2 heterocycles. The third kappa shape index (κ3) is 1.64. The monoisotopic (exact) mass is 183 g/mol. The van der Waals surface area contributed by atoms with Crippen LogP contribution in [0.2, 0.25) is 0 Å². The van der Waals surface area contributed by atoms with Crippen molar-refractivity contribution in [1.29, 1.82) is 0 Å². The first-order chi connectivity index (χ1) is 6.37. The molecular weight excluding hydrogens is 166 g/mol. The standard InChI is InChI=1S/C10H17NO2/c12-9-10(3-7-13-8-4-10)11-5-1-2-6-11/h1-2,12H,3-9H2. The molecule has 0 unspecified atom stereocenters. The summed E-state index contributed by atoms with van der Waals surface area (Å²) in [6, 6.07) is 0. The summed E-state index contributed by atoms with van der Waals surface area (Å²) < 4.78 is 5.33. The Labute approximate surface area is 79.0 Å². The molecule has 3 nitrogen and oxygen atoms in total. The van der Waals surface area contributed by atoms with E-state index < -0.39 is 0 Å². The van der Waals surface area contributed by atoms with E-state index in [0.29, 0.717) is 0 Å². The summed E-state index contributed by atoms with van der Waals surface area (Å²) >= 11 is 0. The van der Waals surface area contributed by atoms with Gasteiger partial charge in [-0.1, -0.05) is 12.2 Å². The molecule has 2 aliphatic rings. The summed E-state index contributed by atoms with van der Waals surface area (Å²) in [5.41, 5.74) is 0.00174. The summed E-state index contributed by atoms with van der Waals surface area (Å²) in [4.78, 5) is 2.36. The predicted molar refractivity (Wildman–Crippen MR) is 50.6 cm³/mol. The molecule has 0 spiro atoms. The molecule has 0 bridgehead atoms. The lowest BCUT2D eigenvalue weighted by Crippen LogP contribution is -2.53. The number of hydrogen-bond donors (Lipinski definition) is 1. The van der Waals surface area contributed by atoms with Crippen LogP contribution in [0.4, 0.5) is 0 Å². The van der Waals surface area contributed by atoms with Gasteiger partial charge >= 0.3 is 0 Å². The van der Waals surface area contributed by atoms with Crippen LogP contribution in [-0.2, 0) is 4.74 Å². The van der Waals surface area contributed by atoms with Gasteiger partial charge in [-0.15, -0.1) is 0 Å². The van der Waals surface area contributed by atoms with Crippen molar-refractivity contribution in [3.05, 3.63) is 12.2 Å². The van der Waals surface area contributed by atoms with Crippen molar-refractivity contribution >= 4 is 0 Å². The minimum atomic E-state index is 0.00174. The molecule has 1 N–H and O–H groups in total. The predicted octanol–water partition coefficient (Wildman–Crippen LogP) is 0.400. The number of aliphatic hydroxyl groups is 1. The molecular formula is C10H17NO2. The number of hydrogen-bond acceptors (Lipinski definition) is 3. The summed E-state index contributed by atoms with van der Waals surface area (Å²) in [7, 11) is 0. The second-order valence-corrected chi connectivity index (χ2v) is 3.87. The highest BCUT2D eigenvalue weighted by atomic mass is 16.5. The topological polar surface area (TPSA) is 32.7 Å². The first-order valence-electron chi connectivity index (χ1n) is 4.96. The second-order valence-electron chi connectivity index (χ2n) is 3.87. The zero-order chi connectivity index (χ0) is 9.15. The van der Waals surface area contributed by atoms with E-state index in [1.165, 1.54) is 0 Å². The van der Waals surface area contributed by atoms with E-state index in [2.05, 4.69) is 17.1 Å². The summed E-state index contributed by atoms with van der Waals surface area (Å²) in [6.45, 7) is 3.81. The molecule has 0 aromatic carbocycles. The highest BCUT2D eigenvalue weighted by Crippen LogP contribution is 2.28. The Hall–Kier alpha value is -0.380. The molecule has 2 rings (SSSR count). The molecule has 0 aromatic rings. The molecule has 1 fully saturated rings.